The van der Waals surface area contributed by atoms with Crippen molar-refractivity contribution in [1.29, 1.82) is 0 Å². The van der Waals surface area contributed by atoms with Gasteiger partial charge in [-0.25, -0.2) is 4.39 Å². The number of hydrogen-bond donors (Lipinski definition) is 2. The third-order valence-electron chi connectivity index (χ3n) is 7.36. The molecule has 2 unspecified atom stereocenters. The van der Waals surface area contributed by atoms with Crippen molar-refractivity contribution in [3.8, 4) is 0 Å². The van der Waals surface area contributed by atoms with Gasteiger partial charge in [0.2, 0.25) is 5.91 Å². The lowest BCUT2D eigenvalue weighted by Gasteiger charge is -2.35. The van der Waals surface area contributed by atoms with Gasteiger partial charge in [-0.15, -0.1) is 0 Å². The Hall–Kier alpha value is -2.94. The van der Waals surface area contributed by atoms with Gasteiger partial charge in [0, 0.05) is 13.2 Å². The summed E-state index contributed by atoms with van der Waals surface area (Å²) in [5, 5.41) is 12.3. The van der Waals surface area contributed by atoms with Crippen LogP contribution in [0.2, 0.25) is 0 Å². The number of carboxylic acid groups (broad SMARTS) is 1. The molecule has 1 amide bonds. The van der Waals surface area contributed by atoms with Crippen LogP contribution in [0.15, 0.2) is 42.5 Å². The second kappa shape index (κ2) is 11.0. The molecule has 9 heteroatoms. The summed E-state index contributed by atoms with van der Waals surface area (Å²) in [4.78, 5) is 25.3. The fourth-order valence-electron chi connectivity index (χ4n) is 5.48. The summed E-state index contributed by atoms with van der Waals surface area (Å²) in [6.07, 6.45) is -0.273. The molecule has 2 N–H and O–H groups in total. The molecule has 1 aliphatic heterocycles. The predicted octanol–water partition coefficient (Wildman–Crippen LogP) is 6.35. The molecule has 2 aromatic rings. The van der Waals surface area contributed by atoms with E-state index in [4.69, 9.17) is 4.74 Å². The van der Waals surface area contributed by atoms with E-state index in [1.54, 1.807) is 0 Å². The van der Waals surface area contributed by atoms with Gasteiger partial charge in [-0.1, -0.05) is 30.7 Å². The van der Waals surface area contributed by atoms with Crippen molar-refractivity contribution < 1.29 is 37.0 Å². The van der Waals surface area contributed by atoms with E-state index >= 15 is 0 Å². The summed E-state index contributed by atoms with van der Waals surface area (Å²) in [7, 11) is 0. The number of halogens is 4. The second-order valence-electron chi connectivity index (χ2n) is 9.60. The Morgan fingerprint density at radius 2 is 1.64 bits per heavy atom. The number of carbonyl (C=O) groups is 2. The topological polar surface area (TPSA) is 75.6 Å². The third-order valence-corrected chi connectivity index (χ3v) is 7.36. The largest absolute Gasteiger partial charge is 0.481 e. The summed E-state index contributed by atoms with van der Waals surface area (Å²) < 4.78 is 58.3. The van der Waals surface area contributed by atoms with Gasteiger partial charge < -0.3 is 15.2 Å². The number of carboxylic acids is 1. The minimum absolute atomic E-state index is 0.293. The van der Waals surface area contributed by atoms with E-state index in [2.05, 4.69) is 5.32 Å². The number of carbonyl (C=O) groups excluding carboxylic acids is 1. The first-order valence-corrected chi connectivity index (χ1v) is 12.2. The van der Waals surface area contributed by atoms with Crippen LogP contribution < -0.4 is 5.32 Å². The van der Waals surface area contributed by atoms with Crippen molar-refractivity contribution >= 4 is 17.6 Å². The predicted molar refractivity (Wildman–Crippen MR) is 125 cm³/mol. The van der Waals surface area contributed by atoms with Gasteiger partial charge in [0.1, 0.15) is 5.82 Å². The molecule has 0 radical (unpaired) electrons. The van der Waals surface area contributed by atoms with E-state index < -0.39 is 52.9 Å². The zero-order valence-corrected chi connectivity index (χ0v) is 19.7. The molecule has 4 rings (SSSR count). The van der Waals surface area contributed by atoms with Crippen LogP contribution in [0.4, 0.5) is 23.2 Å². The minimum atomic E-state index is -4.71. The molecule has 1 heterocycles. The van der Waals surface area contributed by atoms with Crippen LogP contribution in [0, 0.1) is 17.7 Å². The fraction of sp³-hybridized carbons (Fsp3) is 0.481. The normalized spacial score (nSPS) is 25.1. The lowest BCUT2D eigenvalue weighted by Crippen LogP contribution is -2.40. The molecule has 1 saturated carbocycles. The SMILES string of the molecule is O=C(Nc1ccc(C(F)(F)F)cc1F)C1CCC[C@H](c2ccc([C@@H]3CCCOCC3)cc2)C1C(=O)O. The zero-order chi connectivity index (χ0) is 25.9. The first-order valence-electron chi connectivity index (χ1n) is 12.2. The lowest BCUT2D eigenvalue weighted by atomic mass is 9.68. The molecule has 2 aromatic carbocycles. The van der Waals surface area contributed by atoms with Gasteiger partial charge in [-0.2, -0.15) is 13.2 Å². The number of ether oxygens (including phenoxy) is 1. The van der Waals surface area contributed by atoms with E-state index in [1.165, 1.54) is 5.56 Å². The van der Waals surface area contributed by atoms with Crippen LogP contribution in [0.3, 0.4) is 0 Å². The molecule has 4 atom stereocenters. The first kappa shape index (κ1) is 26.1. The molecule has 2 fully saturated rings. The highest BCUT2D eigenvalue weighted by molar-refractivity contribution is 5.95. The van der Waals surface area contributed by atoms with Crippen molar-refractivity contribution in [2.24, 2.45) is 11.8 Å². The summed E-state index contributed by atoms with van der Waals surface area (Å²) in [6, 6.07) is 9.74. The van der Waals surface area contributed by atoms with Gasteiger partial charge in [0.15, 0.2) is 0 Å². The van der Waals surface area contributed by atoms with Gasteiger partial charge >= 0.3 is 12.1 Å². The van der Waals surface area contributed by atoms with E-state index in [0.717, 1.165) is 37.5 Å². The smallest absolute Gasteiger partial charge is 0.416 e. The highest BCUT2D eigenvalue weighted by atomic mass is 19.4. The number of rotatable bonds is 5. The molecule has 0 bridgehead atoms. The average molecular weight is 508 g/mol. The maximum atomic E-state index is 14.3. The highest BCUT2D eigenvalue weighted by Crippen LogP contribution is 2.43. The van der Waals surface area contributed by atoms with Gasteiger partial charge in [-0.3, -0.25) is 9.59 Å². The van der Waals surface area contributed by atoms with E-state index in [1.807, 2.05) is 24.3 Å². The van der Waals surface area contributed by atoms with Crippen LogP contribution in [0.25, 0.3) is 0 Å². The zero-order valence-electron chi connectivity index (χ0n) is 19.7. The average Bonchev–Trinajstić information content (AvgIpc) is 3.14. The van der Waals surface area contributed by atoms with Crippen molar-refractivity contribution in [3.63, 3.8) is 0 Å². The van der Waals surface area contributed by atoms with Crippen molar-refractivity contribution in [1.82, 2.24) is 0 Å². The third kappa shape index (κ3) is 5.88. The first-order chi connectivity index (χ1) is 17.1. The molecular formula is C27H29F4NO4. The Morgan fingerprint density at radius 1 is 0.917 bits per heavy atom. The lowest BCUT2D eigenvalue weighted by molar-refractivity contribution is -0.148. The van der Waals surface area contributed by atoms with Crippen molar-refractivity contribution in [2.45, 2.75) is 56.5 Å². The van der Waals surface area contributed by atoms with Gasteiger partial charge in [0.25, 0.3) is 0 Å². The van der Waals surface area contributed by atoms with Gasteiger partial charge in [-0.05, 0) is 73.3 Å². The molecule has 2 aliphatic rings. The van der Waals surface area contributed by atoms with E-state index in [9.17, 15) is 32.3 Å². The summed E-state index contributed by atoms with van der Waals surface area (Å²) in [5.41, 5.74) is 0.434. The minimum Gasteiger partial charge on any atom is -0.481 e. The number of amides is 1. The monoisotopic (exact) mass is 507 g/mol. The molecular weight excluding hydrogens is 478 g/mol. The Labute approximate surface area is 206 Å². The molecule has 1 aliphatic carbocycles. The summed E-state index contributed by atoms with van der Waals surface area (Å²) in [5.74, 6) is -5.05. The standard InChI is InChI=1S/C27H29F4NO4/c28-22-15-19(27(29,30)31)10-11-23(22)32-25(33)21-5-1-4-20(24(21)26(34)35)18-8-6-17(7-9-18)16-3-2-13-36-14-12-16/h6-11,15-16,20-21,24H,1-5,12-14H2,(H,32,33)(H,34,35)/t16-,20-,21?,24?/m1/s1. The van der Waals surface area contributed by atoms with Crippen LogP contribution in [0.5, 0.6) is 0 Å². The number of aliphatic carboxylic acids is 1. The van der Waals surface area contributed by atoms with Crippen LogP contribution in [-0.2, 0) is 20.5 Å². The Kier molecular flexibility index (Phi) is 7.97. The maximum absolute atomic E-state index is 14.3. The summed E-state index contributed by atoms with van der Waals surface area (Å²) in [6.45, 7) is 1.48. The number of alkyl halides is 3. The van der Waals surface area contributed by atoms with Gasteiger partial charge in [0.05, 0.1) is 23.1 Å². The van der Waals surface area contributed by atoms with Crippen molar-refractivity contribution in [2.75, 3.05) is 18.5 Å². The molecule has 36 heavy (non-hydrogen) atoms. The molecule has 0 aromatic heterocycles. The molecule has 0 spiro atoms. The fourth-order valence-corrected chi connectivity index (χ4v) is 5.48. The van der Waals surface area contributed by atoms with Crippen LogP contribution >= 0.6 is 0 Å². The van der Waals surface area contributed by atoms with Crippen molar-refractivity contribution in [3.05, 3.63) is 65.0 Å². The summed E-state index contributed by atoms with van der Waals surface area (Å²) >= 11 is 0. The number of benzene rings is 2. The second-order valence-corrected chi connectivity index (χ2v) is 9.60. The number of hydrogen-bond acceptors (Lipinski definition) is 3. The Balaban J connectivity index is 1.51. The quantitative estimate of drug-likeness (QED) is 0.463. The van der Waals surface area contributed by atoms with E-state index in [-0.39, 0.29) is 0 Å². The number of anilines is 1. The van der Waals surface area contributed by atoms with Crippen LogP contribution in [0.1, 0.15) is 67.1 Å². The highest BCUT2D eigenvalue weighted by Gasteiger charge is 2.43. The van der Waals surface area contributed by atoms with E-state index in [0.29, 0.717) is 43.9 Å². The Bertz CT molecular complexity index is 1080. The Morgan fingerprint density at radius 3 is 2.31 bits per heavy atom. The molecule has 5 nitrogen and oxygen atoms in total. The number of nitrogens with one attached hydrogen (secondary N) is 1. The molecule has 194 valence electrons. The van der Waals surface area contributed by atoms with Crippen LogP contribution in [-0.4, -0.2) is 30.2 Å². The molecule has 1 saturated heterocycles. The maximum Gasteiger partial charge on any atom is 0.416 e.